The fourth-order valence-electron chi connectivity index (χ4n) is 3.31. The van der Waals surface area contributed by atoms with Crippen molar-refractivity contribution in [3.63, 3.8) is 0 Å². The Balaban J connectivity index is 1.57. The Morgan fingerprint density at radius 2 is 2.19 bits per heavy atom. The number of pyridine rings is 1. The average molecular weight is 284 g/mol. The number of anilines is 1. The molecule has 0 bridgehead atoms. The van der Waals surface area contributed by atoms with Crippen LogP contribution in [-0.4, -0.2) is 36.1 Å². The number of nitrogens with zero attached hydrogens (tertiary/aromatic N) is 3. The van der Waals surface area contributed by atoms with E-state index in [2.05, 4.69) is 28.2 Å². The van der Waals surface area contributed by atoms with Gasteiger partial charge in [-0.3, -0.25) is 0 Å². The van der Waals surface area contributed by atoms with Crippen LogP contribution in [0.1, 0.15) is 43.0 Å². The fraction of sp³-hybridized carbons (Fsp3) is 0.647. The summed E-state index contributed by atoms with van der Waals surface area (Å²) in [5, 5.41) is 12.7. The molecule has 112 valence electrons. The van der Waals surface area contributed by atoms with Crippen LogP contribution >= 0.6 is 0 Å². The van der Waals surface area contributed by atoms with E-state index < -0.39 is 0 Å². The Bertz CT molecular complexity index is 538. The van der Waals surface area contributed by atoms with Crippen molar-refractivity contribution >= 4 is 5.82 Å². The molecule has 21 heavy (non-hydrogen) atoms. The first kappa shape index (κ1) is 14.3. The number of aryl methyl sites for hydroxylation is 2. The van der Waals surface area contributed by atoms with Crippen LogP contribution in [0.4, 0.5) is 5.82 Å². The topological polar surface area (TPSA) is 52.0 Å². The number of hydrogen-bond acceptors (Lipinski definition) is 4. The molecule has 0 aromatic carbocycles. The van der Waals surface area contributed by atoms with Crippen LogP contribution < -0.4 is 5.32 Å². The van der Waals surface area contributed by atoms with Crippen molar-refractivity contribution in [3.05, 3.63) is 22.9 Å². The molecular formula is C17H24N4. The Kier molecular flexibility index (Phi) is 4.40. The van der Waals surface area contributed by atoms with Gasteiger partial charge in [0, 0.05) is 18.8 Å². The van der Waals surface area contributed by atoms with Crippen LogP contribution in [-0.2, 0) is 12.8 Å². The number of likely N-dealkylation sites (tertiary alicyclic amines) is 1. The van der Waals surface area contributed by atoms with Crippen LogP contribution in [0.2, 0.25) is 0 Å². The highest BCUT2D eigenvalue weighted by atomic mass is 15.1. The quantitative estimate of drug-likeness (QED) is 0.923. The second-order valence-corrected chi connectivity index (χ2v) is 6.41. The maximum atomic E-state index is 9.29. The molecule has 1 N–H and O–H groups in total. The molecule has 1 aromatic rings. The monoisotopic (exact) mass is 284 g/mol. The van der Waals surface area contributed by atoms with E-state index in [4.69, 9.17) is 0 Å². The minimum atomic E-state index is 0.697. The zero-order chi connectivity index (χ0) is 14.7. The summed E-state index contributed by atoms with van der Waals surface area (Å²) in [4.78, 5) is 7.17. The predicted molar refractivity (Wildman–Crippen MR) is 84.3 cm³/mol. The van der Waals surface area contributed by atoms with Gasteiger partial charge in [0.2, 0.25) is 0 Å². The summed E-state index contributed by atoms with van der Waals surface area (Å²) in [5.74, 6) is 1.65. The first-order valence-corrected chi connectivity index (χ1v) is 8.15. The SMILES string of the molecule is CC1CCN(CCNc2nc3c(cc2C#N)CCC3)CC1. The normalized spacial score (nSPS) is 19.2. The van der Waals surface area contributed by atoms with Crippen molar-refractivity contribution < 1.29 is 0 Å². The largest absolute Gasteiger partial charge is 0.368 e. The van der Waals surface area contributed by atoms with Crippen molar-refractivity contribution in [2.75, 3.05) is 31.5 Å². The second-order valence-electron chi connectivity index (χ2n) is 6.41. The summed E-state index contributed by atoms with van der Waals surface area (Å²) in [6, 6.07) is 4.31. The van der Waals surface area contributed by atoms with E-state index in [0.717, 1.165) is 37.7 Å². The van der Waals surface area contributed by atoms with Gasteiger partial charge >= 0.3 is 0 Å². The summed E-state index contributed by atoms with van der Waals surface area (Å²) < 4.78 is 0. The Hall–Kier alpha value is -1.60. The first-order valence-electron chi connectivity index (χ1n) is 8.15. The molecule has 0 amide bonds. The standard InChI is InChI=1S/C17H24N4/c1-13-5-8-21(9-6-13)10-7-19-17-15(12-18)11-14-3-2-4-16(14)20-17/h11,13H,2-10H2,1H3,(H,19,20). The number of fused-ring (bicyclic) bond motifs is 1. The average Bonchev–Trinajstić information content (AvgIpc) is 2.95. The molecule has 0 radical (unpaired) electrons. The highest BCUT2D eigenvalue weighted by Crippen LogP contribution is 2.24. The Labute approximate surface area is 127 Å². The van der Waals surface area contributed by atoms with Crippen LogP contribution in [0.5, 0.6) is 0 Å². The summed E-state index contributed by atoms with van der Waals surface area (Å²) >= 11 is 0. The van der Waals surface area contributed by atoms with E-state index >= 15 is 0 Å². The van der Waals surface area contributed by atoms with E-state index in [1.165, 1.54) is 43.6 Å². The number of aromatic nitrogens is 1. The smallest absolute Gasteiger partial charge is 0.144 e. The molecule has 4 heteroatoms. The third kappa shape index (κ3) is 3.36. The first-order chi connectivity index (χ1) is 10.3. The maximum absolute atomic E-state index is 9.29. The van der Waals surface area contributed by atoms with Crippen molar-refractivity contribution in [1.82, 2.24) is 9.88 Å². The molecule has 3 rings (SSSR count). The van der Waals surface area contributed by atoms with Gasteiger partial charge in [-0.1, -0.05) is 6.92 Å². The zero-order valence-electron chi connectivity index (χ0n) is 12.9. The van der Waals surface area contributed by atoms with Gasteiger partial charge in [0.15, 0.2) is 0 Å². The van der Waals surface area contributed by atoms with Crippen molar-refractivity contribution in [3.8, 4) is 6.07 Å². The molecule has 4 nitrogen and oxygen atoms in total. The highest BCUT2D eigenvalue weighted by Gasteiger charge is 2.17. The number of rotatable bonds is 4. The van der Waals surface area contributed by atoms with Gasteiger partial charge in [0.05, 0.1) is 5.56 Å². The molecule has 2 aliphatic rings. The second kappa shape index (κ2) is 6.44. The maximum Gasteiger partial charge on any atom is 0.144 e. The molecule has 0 spiro atoms. The molecule has 0 unspecified atom stereocenters. The van der Waals surface area contributed by atoms with Crippen molar-refractivity contribution in [2.45, 2.75) is 39.0 Å². The highest BCUT2D eigenvalue weighted by molar-refractivity contribution is 5.55. The lowest BCUT2D eigenvalue weighted by molar-refractivity contribution is 0.199. The third-order valence-electron chi connectivity index (χ3n) is 4.77. The summed E-state index contributed by atoms with van der Waals surface area (Å²) in [6.45, 7) is 6.64. The van der Waals surface area contributed by atoms with Gasteiger partial charge in [-0.15, -0.1) is 0 Å². The predicted octanol–water partition coefficient (Wildman–Crippen LogP) is 2.59. The van der Waals surface area contributed by atoms with Crippen LogP contribution in [0, 0.1) is 17.2 Å². The van der Waals surface area contributed by atoms with E-state index in [-0.39, 0.29) is 0 Å². The summed E-state index contributed by atoms with van der Waals surface area (Å²) in [6.07, 6.45) is 5.91. The lowest BCUT2D eigenvalue weighted by atomic mass is 9.99. The molecule has 1 saturated heterocycles. The van der Waals surface area contributed by atoms with Gasteiger partial charge in [-0.25, -0.2) is 4.98 Å². The zero-order valence-corrected chi connectivity index (χ0v) is 12.9. The van der Waals surface area contributed by atoms with Gasteiger partial charge in [-0.05, 0) is 62.7 Å². The number of nitrogens with one attached hydrogen (secondary N) is 1. The van der Waals surface area contributed by atoms with Gasteiger partial charge < -0.3 is 10.2 Å². The van der Waals surface area contributed by atoms with Gasteiger partial charge in [0.25, 0.3) is 0 Å². The minimum absolute atomic E-state index is 0.697. The molecule has 1 aliphatic heterocycles. The summed E-state index contributed by atoms with van der Waals surface area (Å²) in [7, 11) is 0. The lowest BCUT2D eigenvalue weighted by Gasteiger charge is -2.30. The number of piperidine rings is 1. The Morgan fingerprint density at radius 3 is 2.95 bits per heavy atom. The van der Waals surface area contributed by atoms with E-state index in [9.17, 15) is 5.26 Å². The molecule has 2 heterocycles. The van der Waals surface area contributed by atoms with Gasteiger partial charge in [0.1, 0.15) is 11.9 Å². The van der Waals surface area contributed by atoms with Crippen molar-refractivity contribution in [1.29, 1.82) is 5.26 Å². The minimum Gasteiger partial charge on any atom is -0.368 e. The molecule has 1 aliphatic carbocycles. The molecule has 1 fully saturated rings. The van der Waals surface area contributed by atoms with E-state index in [0.29, 0.717) is 5.56 Å². The third-order valence-corrected chi connectivity index (χ3v) is 4.77. The van der Waals surface area contributed by atoms with Crippen LogP contribution in [0.25, 0.3) is 0 Å². The number of hydrogen-bond donors (Lipinski definition) is 1. The van der Waals surface area contributed by atoms with Gasteiger partial charge in [-0.2, -0.15) is 5.26 Å². The lowest BCUT2D eigenvalue weighted by Crippen LogP contribution is -2.36. The van der Waals surface area contributed by atoms with Crippen molar-refractivity contribution in [2.24, 2.45) is 5.92 Å². The molecule has 0 saturated carbocycles. The van der Waals surface area contributed by atoms with Crippen LogP contribution in [0.15, 0.2) is 6.07 Å². The molecule has 0 atom stereocenters. The van der Waals surface area contributed by atoms with E-state index in [1.54, 1.807) is 0 Å². The molecule has 1 aromatic heterocycles. The van der Waals surface area contributed by atoms with Crippen LogP contribution in [0.3, 0.4) is 0 Å². The number of nitriles is 1. The van der Waals surface area contributed by atoms with E-state index in [1.807, 2.05) is 6.07 Å². The Morgan fingerprint density at radius 1 is 1.38 bits per heavy atom. The summed E-state index contributed by atoms with van der Waals surface area (Å²) in [5.41, 5.74) is 3.15. The molecular weight excluding hydrogens is 260 g/mol. The fourth-order valence-corrected chi connectivity index (χ4v) is 3.31.